The summed E-state index contributed by atoms with van der Waals surface area (Å²) in [7, 11) is 0. The van der Waals surface area contributed by atoms with E-state index in [9.17, 15) is 9.59 Å². The van der Waals surface area contributed by atoms with Gasteiger partial charge in [-0.05, 0) is 12.8 Å². The standard InChI is InChI=1S/C8H8O3.C2H2O2.C2H4/c9-7-5-3-1-2-4-6(5)8(10)11-7;3-1-2-4;1-2/h1,3,5-6H,2,4H2;1-2H;1-2H2. The summed E-state index contributed by atoms with van der Waals surface area (Å²) >= 11 is 0. The van der Waals surface area contributed by atoms with Crippen LogP contribution in [0.3, 0.4) is 0 Å². The van der Waals surface area contributed by atoms with Crippen LogP contribution >= 0.6 is 0 Å². The molecule has 0 aromatic carbocycles. The van der Waals surface area contributed by atoms with Crippen LogP contribution in [0.4, 0.5) is 0 Å². The van der Waals surface area contributed by atoms with E-state index in [0.29, 0.717) is 0 Å². The lowest BCUT2D eigenvalue weighted by Crippen LogP contribution is -2.17. The van der Waals surface area contributed by atoms with Gasteiger partial charge in [0.15, 0.2) is 12.6 Å². The van der Waals surface area contributed by atoms with Crippen molar-refractivity contribution in [2.75, 3.05) is 0 Å². The molecular weight excluding hydrogens is 224 g/mol. The summed E-state index contributed by atoms with van der Waals surface area (Å²) in [6.07, 6.45) is 5.73. The molecule has 2 atom stereocenters. The number of carbonyl (C=O) groups is 4. The summed E-state index contributed by atoms with van der Waals surface area (Å²) in [4.78, 5) is 39.5. The Morgan fingerprint density at radius 3 is 2.24 bits per heavy atom. The van der Waals surface area contributed by atoms with Crippen LogP contribution in [-0.2, 0) is 23.9 Å². The Morgan fingerprint density at radius 2 is 1.76 bits per heavy atom. The monoisotopic (exact) mass is 238 g/mol. The van der Waals surface area contributed by atoms with Gasteiger partial charge in [-0.15, -0.1) is 13.2 Å². The molecule has 0 radical (unpaired) electrons. The van der Waals surface area contributed by atoms with Gasteiger partial charge < -0.3 is 4.74 Å². The zero-order valence-corrected chi connectivity index (χ0v) is 9.33. The average Bonchev–Trinajstić information content (AvgIpc) is 2.69. The smallest absolute Gasteiger partial charge is 0.321 e. The van der Waals surface area contributed by atoms with Gasteiger partial charge in [-0.2, -0.15) is 0 Å². The lowest BCUT2D eigenvalue weighted by atomic mass is 9.86. The summed E-state index contributed by atoms with van der Waals surface area (Å²) in [5, 5.41) is 0. The van der Waals surface area contributed by atoms with Crippen LogP contribution in [0, 0.1) is 11.8 Å². The van der Waals surface area contributed by atoms with Crippen LogP contribution in [0.1, 0.15) is 12.8 Å². The third kappa shape index (κ3) is 4.14. The van der Waals surface area contributed by atoms with Crippen LogP contribution < -0.4 is 0 Å². The van der Waals surface area contributed by atoms with E-state index in [2.05, 4.69) is 17.9 Å². The highest BCUT2D eigenvalue weighted by molar-refractivity contribution is 6.09. The van der Waals surface area contributed by atoms with Gasteiger partial charge in [-0.1, -0.05) is 12.2 Å². The molecule has 1 heterocycles. The molecule has 1 fully saturated rings. The Kier molecular flexibility index (Phi) is 7.17. The predicted molar refractivity (Wildman–Crippen MR) is 59.8 cm³/mol. The summed E-state index contributed by atoms with van der Waals surface area (Å²) in [5.74, 6) is -1.19. The van der Waals surface area contributed by atoms with Gasteiger partial charge in [0.25, 0.3) is 0 Å². The molecule has 0 aromatic rings. The fraction of sp³-hybridized carbons (Fsp3) is 0.333. The maximum absolute atomic E-state index is 10.9. The molecule has 0 saturated carbocycles. The molecule has 5 nitrogen and oxygen atoms in total. The van der Waals surface area contributed by atoms with Gasteiger partial charge in [-0.3, -0.25) is 19.2 Å². The SMILES string of the molecule is C=C.O=C1OC(=O)C2CCC=CC12.O=CC=O. The van der Waals surface area contributed by atoms with Crippen molar-refractivity contribution in [1.29, 1.82) is 0 Å². The number of esters is 2. The number of cyclic esters (lactones) is 2. The van der Waals surface area contributed by atoms with Crippen molar-refractivity contribution in [3.05, 3.63) is 25.3 Å². The number of allylic oxidation sites excluding steroid dienone is 1. The predicted octanol–water partition coefficient (Wildman–Crippen LogP) is 0.839. The molecule has 1 aliphatic carbocycles. The molecule has 1 aliphatic heterocycles. The van der Waals surface area contributed by atoms with E-state index in [1.54, 1.807) is 6.08 Å². The molecule has 5 heteroatoms. The van der Waals surface area contributed by atoms with Crippen molar-refractivity contribution < 1.29 is 23.9 Å². The molecule has 2 rings (SSSR count). The minimum absolute atomic E-state index is 0.188. The molecule has 1 saturated heterocycles. The van der Waals surface area contributed by atoms with E-state index in [-0.39, 0.29) is 36.3 Å². The minimum Gasteiger partial charge on any atom is -0.392 e. The topological polar surface area (TPSA) is 77.5 Å². The Morgan fingerprint density at radius 1 is 1.18 bits per heavy atom. The Hall–Kier alpha value is -2.04. The van der Waals surface area contributed by atoms with E-state index < -0.39 is 0 Å². The molecule has 0 bridgehead atoms. The number of ether oxygens (including phenoxy) is 1. The Balaban J connectivity index is 0.000000368. The highest BCUT2D eigenvalue weighted by atomic mass is 16.6. The quantitative estimate of drug-likeness (QED) is 0.222. The number of fused-ring (bicyclic) bond motifs is 1. The number of hydrogen-bond donors (Lipinski definition) is 0. The normalized spacial score (nSPS) is 24.2. The summed E-state index contributed by atoms with van der Waals surface area (Å²) in [6, 6.07) is 0. The van der Waals surface area contributed by atoms with E-state index in [0.717, 1.165) is 12.8 Å². The lowest BCUT2D eigenvalue weighted by Gasteiger charge is -2.12. The average molecular weight is 238 g/mol. The van der Waals surface area contributed by atoms with Gasteiger partial charge in [0.05, 0.1) is 11.8 Å². The fourth-order valence-corrected chi connectivity index (χ4v) is 1.58. The molecule has 2 aliphatic rings. The van der Waals surface area contributed by atoms with E-state index in [4.69, 9.17) is 9.59 Å². The van der Waals surface area contributed by atoms with Crippen LogP contribution in [0.15, 0.2) is 25.3 Å². The number of rotatable bonds is 1. The minimum atomic E-state index is -0.379. The molecule has 0 amide bonds. The largest absolute Gasteiger partial charge is 0.392 e. The second-order valence-electron chi connectivity index (χ2n) is 3.15. The van der Waals surface area contributed by atoms with Gasteiger partial charge >= 0.3 is 11.9 Å². The third-order valence-corrected chi connectivity index (χ3v) is 2.25. The number of aldehydes is 2. The van der Waals surface area contributed by atoms with Crippen molar-refractivity contribution in [3.8, 4) is 0 Å². The van der Waals surface area contributed by atoms with Crippen molar-refractivity contribution in [3.63, 3.8) is 0 Å². The van der Waals surface area contributed by atoms with E-state index in [1.807, 2.05) is 6.08 Å². The Labute approximate surface area is 99.1 Å². The zero-order valence-electron chi connectivity index (χ0n) is 9.33. The third-order valence-electron chi connectivity index (χ3n) is 2.25. The van der Waals surface area contributed by atoms with Crippen LogP contribution in [0.5, 0.6) is 0 Å². The van der Waals surface area contributed by atoms with Crippen molar-refractivity contribution >= 4 is 24.5 Å². The van der Waals surface area contributed by atoms with Crippen LogP contribution in [0.2, 0.25) is 0 Å². The number of hydrogen-bond acceptors (Lipinski definition) is 5. The van der Waals surface area contributed by atoms with E-state index in [1.165, 1.54) is 0 Å². The first-order chi connectivity index (χ1) is 8.20. The molecular formula is C12H14O5. The Bertz CT molecular complexity index is 326. The molecule has 2 unspecified atom stereocenters. The van der Waals surface area contributed by atoms with Gasteiger partial charge in [0, 0.05) is 0 Å². The number of carbonyl (C=O) groups excluding carboxylic acids is 4. The summed E-state index contributed by atoms with van der Waals surface area (Å²) in [5.41, 5.74) is 0. The van der Waals surface area contributed by atoms with Crippen molar-refractivity contribution in [1.82, 2.24) is 0 Å². The van der Waals surface area contributed by atoms with Crippen molar-refractivity contribution in [2.24, 2.45) is 11.8 Å². The maximum Gasteiger partial charge on any atom is 0.321 e. The first-order valence-corrected chi connectivity index (χ1v) is 5.02. The highest BCUT2D eigenvalue weighted by Gasteiger charge is 2.43. The molecule has 0 N–H and O–H groups in total. The first-order valence-electron chi connectivity index (χ1n) is 5.02. The lowest BCUT2D eigenvalue weighted by molar-refractivity contribution is -0.153. The summed E-state index contributed by atoms with van der Waals surface area (Å²) < 4.78 is 4.48. The van der Waals surface area contributed by atoms with Gasteiger partial charge in [0.1, 0.15) is 0 Å². The summed E-state index contributed by atoms with van der Waals surface area (Å²) in [6.45, 7) is 6.00. The first kappa shape index (κ1) is 15.0. The fourth-order valence-electron chi connectivity index (χ4n) is 1.58. The van der Waals surface area contributed by atoms with E-state index >= 15 is 0 Å². The molecule has 0 aromatic heterocycles. The van der Waals surface area contributed by atoms with Crippen LogP contribution in [-0.4, -0.2) is 24.5 Å². The van der Waals surface area contributed by atoms with Crippen molar-refractivity contribution in [2.45, 2.75) is 12.8 Å². The second kappa shape index (κ2) is 8.15. The molecule has 0 spiro atoms. The molecule has 17 heavy (non-hydrogen) atoms. The van der Waals surface area contributed by atoms with Gasteiger partial charge in [0.2, 0.25) is 0 Å². The second-order valence-corrected chi connectivity index (χ2v) is 3.15. The molecule has 92 valence electrons. The van der Waals surface area contributed by atoms with Crippen LogP contribution in [0.25, 0.3) is 0 Å². The zero-order chi connectivity index (χ0) is 13.3. The van der Waals surface area contributed by atoms with Gasteiger partial charge in [-0.25, -0.2) is 0 Å². The maximum atomic E-state index is 10.9. The highest BCUT2D eigenvalue weighted by Crippen LogP contribution is 2.32.